The maximum Gasteiger partial charge on any atom is 0.408 e. The second kappa shape index (κ2) is 21.6. The molecule has 8 fully saturated rings. The Morgan fingerprint density at radius 2 is 0.987 bits per heavy atom. The molecule has 2 saturated heterocycles. The number of aryl methyl sites for hydroxylation is 6. The molecule has 14 rings (SSSR count). The standard InChI is InChI=1S/C35H48N6O2.C30H40N6/c1-7-30-29(31-36-25(2)19-26(3)40(31)37-30)20-28-12-10-27(11-13-28)9-8-14-38-15-17-39(18-16-38)24-34-21-35(22-34,23-34)41(32(42)43)33(4,5)6;1-4-27-26(28-32-22(2)16-23(3)36(28)33-27)17-25-9-7-24(8-10-25)6-5-11-34-12-14-35(15-13-34)21-29-18-30(31,19-29)20-29/h8-13,19H,7,14-18,20-24H2,1-6H3,(H,42,43);5-10,16H,4,11-15,17-21,31H2,1-3H3/b9-8+;6-5+. The van der Waals surface area contributed by atoms with Crippen molar-refractivity contribution in [1.29, 1.82) is 0 Å². The summed E-state index contributed by atoms with van der Waals surface area (Å²) in [6, 6.07) is 22.0. The molecule has 0 atom stereocenters. The molecule has 6 saturated carbocycles. The van der Waals surface area contributed by atoms with Crippen LogP contribution in [0.15, 0.2) is 72.8 Å². The molecule has 8 aliphatic rings. The van der Waals surface area contributed by atoms with E-state index in [9.17, 15) is 9.90 Å². The fraction of sp³-hybridized carbons (Fsp3) is 0.554. The van der Waals surface area contributed by atoms with E-state index < -0.39 is 6.09 Å². The lowest BCUT2D eigenvalue weighted by Gasteiger charge is -2.75. The van der Waals surface area contributed by atoms with E-state index in [0.717, 1.165) is 136 Å². The Labute approximate surface area is 469 Å². The van der Waals surface area contributed by atoms with Crippen molar-refractivity contribution in [1.82, 2.24) is 53.7 Å². The maximum atomic E-state index is 12.0. The van der Waals surface area contributed by atoms with Gasteiger partial charge in [0.25, 0.3) is 0 Å². The van der Waals surface area contributed by atoms with Gasteiger partial charge in [-0.1, -0.05) is 86.7 Å². The largest absolute Gasteiger partial charge is 0.465 e. The van der Waals surface area contributed by atoms with Crippen LogP contribution in [0.5, 0.6) is 0 Å². The highest BCUT2D eigenvalue weighted by molar-refractivity contribution is 5.68. The molecule has 2 aliphatic heterocycles. The molecule has 1 amide bonds. The van der Waals surface area contributed by atoms with Gasteiger partial charge in [0, 0.05) is 142 Å². The molecular formula is C65H88N12O2. The van der Waals surface area contributed by atoms with E-state index in [2.05, 4.69) is 139 Å². The second-order valence-corrected chi connectivity index (χ2v) is 26.3. The predicted molar refractivity (Wildman–Crippen MR) is 318 cm³/mol. The molecular weight excluding hydrogens is 981 g/mol. The molecule has 2 aromatic carbocycles. The summed E-state index contributed by atoms with van der Waals surface area (Å²) in [5.41, 5.74) is 23.1. The van der Waals surface area contributed by atoms with E-state index in [1.165, 1.54) is 85.4 Å². The third kappa shape index (κ3) is 11.5. The lowest BCUT2D eigenvalue weighted by atomic mass is 9.38. The van der Waals surface area contributed by atoms with E-state index >= 15 is 0 Å². The molecule has 6 aliphatic carbocycles. The molecule has 3 N–H and O–H groups in total. The summed E-state index contributed by atoms with van der Waals surface area (Å²) in [6.07, 6.45) is 18.7. The fourth-order valence-electron chi connectivity index (χ4n) is 15.3. The van der Waals surface area contributed by atoms with Gasteiger partial charge in [-0.15, -0.1) is 0 Å². The summed E-state index contributed by atoms with van der Waals surface area (Å²) in [5.74, 6) is 0. The van der Waals surface area contributed by atoms with Crippen LogP contribution >= 0.6 is 0 Å². The Balaban J connectivity index is 0.000000170. The van der Waals surface area contributed by atoms with Gasteiger partial charge >= 0.3 is 6.09 Å². The highest BCUT2D eigenvalue weighted by Crippen LogP contribution is 2.71. The van der Waals surface area contributed by atoms with Gasteiger partial charge in [0.2, 0.25) is 0 Å². The first-order chi connectivity index (χ1) is 37.7. The molecule has 6 heterocycles. The van der Waals surface area contributed by atoms with Crippen molar-refractivity contribution in [3.8, 4) is 0 Å². The van der Waals surface area contributed by atoms with Gasteiger partial charge in [0.05, 0.1) is 11.4 Å². The number of nitrogens with zero attached hydrogens (tertiary/aromatic N) is 11. The van der Waals surface area contributed by atoms with Gasteiger partial charge < -0.3 is 20.6 Å². The Morgan fingerprint density at radius 1 is 0.608 bits per heavy atom. The zero-order chi connectivity index (χ0) is 55.5. The SMILES string of the molecule is CCc1nn2c(C)cc(C)nc2c1Cc1ccc(/C=C/CN2CCN(CC34CC(N(C(=O)O)C(C)(C)C)(C3)C4)CC2)cc1.CCc1nn2c(C)cc(C)nc2c1Cc1ccc(/C=C/CN2CCN(CC34CC(N)(C3)C4)CC2)cc1. The van der Waals surface area contributed by atoms with Crippen molar-refractivity contribution in [3.63, 3.8) is 0 Å². The van der Waals surface area contributed by atoms with Crippen LogP contribution in [-0.2, 0) is 25.7 Å². The van der Waals surface area contributed by atoms with Gasteiger partial charge in [-0.25, -0.2) is 23.8 Å². The number of fused-ring (bicyclic) bond motifs is 2. The Morgan fingerprint density at radius 3 is 1.34 bits per heavy atom. The van der Waals surface area contributed by atoms with Gasteiger partial charge in [-0.3, -0.25) is 14.7 Å². The van der Waals surface area contributed by atoms with E-state index in [4.69, 9.17) is 25.9 Å². The number of piperazine rings is 2. The quantitative estimate of drug-likeness (QED) is 0.0903. The first-order valence-corrected chi connectivity index (χ1v) is 29.7. The molecule has 0 radical (unpaired) electrons. The van der Waals surface area contributed by atoms with Crippen LogP contribution in [0.25, 0.3) is 23.4 Å². The highest BCUT2D eigenvalue weighted by atomic mass is 16.4. The average molecular weight is 1070 g/mol. The number of carbonyl (C=O) groups is 1. The van der Waals surface area contributed by atoms with Crippen LogP contribution in [-0.4, -0.2) is 160 Å². The van der Waals surface area contributed by atoms with Crippen molar-refractivity contribution in [2.45, 2.75) is 143 Å². The lowest BCUT2D eigenvalue weighted by molar-refractivity contribution is -0.234. The summed E-state index contributed by atoms with van der Waals surface area (Å²) in [4.78, 5) is 33.7. The number of amides is 1. The molecule has 79 heavy (non-hydrogen) atoms. The van der Waals surface area contributed by atoms with Crippen molar-refractivity contribution in [3.05, 3.63) is 140 Å². The van der Waals surface area contributed by atoms with Gasteiger partial charge in [-0.2, -0.15) is 10.2 Å². The summed E-state index contributed by atoms with van der Waals surface area (Å²) in [5, 5.41) is 19.5. The summed E-state index contributed by atoms with van der Waals surface area (Å²) in [7, 11) is 0. The molecule has 6 aromatic rings. The number of benzene rings is 2. The molecule has 0 unspecified atom stereocenters. The summed E-state index contributed by atoms with van der Waals surface area (Å²) in [6.45, 7) is 32.1. The van der Waals surface area contributed by atoms with Crippen molar-refractivity contribution < 1.29 is 9.90 Å². The Hall–Kier alpha value is -5.77. The number of nitrogens with two attached hydrogens (primary N) is 1. The van der Waals surface area contributed by atoms with Crippen LogP contribution in [0.4, 0.5) is 4.79 Å². The maximum absolute atomic E-state index is 12.0. The smallest absolute Gasteiger partial charge is 0.408 e. The van der Waals surface area contributed by atoms with Crippen LogP contribution in [0, 0.1) is 38.5 Å². The number of hydrogen-bond acceptors (Lipinski definition) is 10. The van der Waals surface area contributed by atoms with Crippen LogP contribution in [0.2, 0.25) is 0 Å². The normalized spacial score (nSPS) is 25.3. The van der Waals surface area contributed by atoms with Gasteiger partial charge in [-0.05, 0) is 145 Å². The second-order valence-electron chi connectivity index (χ2n) is 26.3. The summed E-state index contributed by atoms with van der Waals surface area (Å²) >= 11 is 0. The minimum atomic E-state index is -0.768. The minimum Gasteiger partial charge on any atom is -0.465 e. The number of aromatic nitrogens is 6. The van der Waals surface area contributed by atoms with E-state index in [1.54, 1.807) is 4.90 Å². The Kier molecular flexibility index (Phi) is 15.1. The Bertz CT molecular complexity index is 3200. The summed E-state index contributed by atoms with van der Waals surface area (Å²) < 4.78 is 3.99. The molecule has 14 heteroatoms. The molecule has 4 aromatic heterocycles. The number of hydrogen-bond donors (Lipinski definition) is 2. The number of rotatable bonds is 17. The third-order valence-electron chi connectivity index (χ3n) is 18.6. The minimum absolute atomic E-state index is 0.114. The van der Waals surface area contributed by atoms with Crippen LogP contribution in [0.3, 0.4) is 0 Å². The predicted octanol–water partition coefficient (Wildman–Crippen LogP) is 9.84. The lowest BCUT2D eigenvalue weighted by Crippen LogP contribution is -2.80. The van der Waals surface area contributed by atoms with Crippen molar-refractivity contribution in [2.24, 2.45) is 16.6 Å². The molecule has 14 nitrogen and oxygen atoms in total. The van der Waals surface area contributed by atoms with Crippen LogP contribution in [0.1, 0.15) is 141 Å². The van der Waals surface area contributed by atoms with Crippen LogP contribution < -0.4 is 5.73 Å². The molecule has 420 valence electrons. The first-order valence-electron chi connectivity index (χ1n) is 29.7. The van der Waals surface area contributed by atoms with Gasteiger partial charge in [0.15, 0.2) is 11.3 Å². The van der Waals surface area contributed by atoms with E-state index in [0.29, 0.717) is 10.8 Å². The monoisotopic (exact) mass is 1070 g/mol. The first kappa shape index (κ1) is 55.2. The topological polar surface area (TPSA) is 140 Å². The molecule has 0 spiro atoms. The average Bonchev–Trinajstić information content (AvgIpc) is 2.39. The van der Waals surface area contributed by atoms with Crippen molar-refractivity contribution in [2.75, 3.05) is 78.5 Å². The highest BCUT2D eigenvalue weighted by Gasteiger charge is 2.72. The molecule has 4 bridgehead atoms. The number of carboxylic acid groups (broad SMARTS) is 1. The fourth-order valence-corrected chi connectivity index (χ4v) is 15.3. The van der Waals surface area contributed by atoms with Gasteiger partial charge in [0.1, 0.15) is 0 Å². The zero-order valence-corrected chi connectivity index (χ0v) is 49.0. The van der Waals surface area contributed by atoms with Crippen molar-refractivity contribution >= 4 is 29.5 Å². The van der Waals surface area contributed by atoms with E-state index in [-0.39, 0.29) is 16.6 Å². The zero-order valence-electron chi connectivity index (χ0n) is 49.0. The van der Waals surface area contributed by atoms with E-state index in [1.807, 2.05) is 36.7 Å². The third-order valence-corrected chi connectivity index (χ3v) is 18.6.